The number of hydrogen-bond acceptors (Lipinski definition) is 2. The van der Waals surface area contributed by atoms with Crippen molar-refractivity contribution in [1.29, 1.82) is 0 Å². The summed E-state index contributed by atoms with van der Waals surface area (Å²) in [5.74, 6) is 0. The van der Waals surface area contributed by atoms with Crippen molar-refractivity contribution >= 4 is 5.69 Å². The van der Waals surface area contributed by atoms with Gasteiger partial charge in [0.15, 0.2) is 0 Å². The maximum Gasteiger partial charge on any atom is 0.0687 e. The van der Waals surface area contributed by atoms with Gasteiger partial charge in [0, 0.05) is 5.69 Å². The van der Waals surface area contributed by atoms with E-state index in [-0.39, 0.29) is 6.61 Å². The molecule has 0 saturated carbocycles. The van der Waals surface area contributed by atoms with Gasteiger partial charge in [0.1, 0.15) is 0 Å². The summed E-state index contributed by atoms with van der Waals surface area (Å²) in [5.41, 5.74) is 9.43. The van der Waals surface area contributed by atoms with E-state index < -0.39 is 0 Å². The summed E-state index contributed by atoms with van der Waals surface area (Å²) in [4.78, 5) is 0. The quantitative estimate of drug-likeness (QED) is 0.730. The van der Waals surface area contributed by atoms with Crippen LogP contribution in [0, 0.1) is 0 Å². The minimum Gasteiger partial charge on any atom is -0.399 e. The van der Waals surface area contributed by atoms with Crippen molar-refractivity contribution in [3.63, 3.8) is 0 Å². The predicted molar refractivity (Wildman–Crippen MR) is 62.2 cm³/mol. The number of benzene rings is 2. The van der Waals surface area contributed by atoms with E-state index in [2.05, 4.69) is 0 Å². The number of aliphatic hydroxyl groups excluding tert-OH is 1. The molecule has 76 valence electrons. The zero-order chi connectivity index (χ0) is 10.7. The Hall–Kier alpha value is -1.80. The predicted octanol–water partition coefficient (Wildman–Crippen LogP) is 2.43. The van der Waals surface area contributed by atoms with Crippen LogP contribution in [-0.4, -0.2) is 5.11 Å². The Morgan fingerprint density at radius 2 is 1.73 bits per heavy atom. The lowest BCUT2D eigenvalue weighted by molar-refractivity contribution is 0.282. The lowest BCUT2D eigenvalue weighted by atomic mass is 9.99. The van der Waals surface area contributed by atoms with Gasteiger partial charge in [-0.05, 0) is 28.8 Å². The van der Waals surface area contributed by atoms with Gasteiger partial charge in [-0.2, -0.15) is 0 Å². The van der Waals surface area contributed by atoms with Gasteiger partial charge in [-0.3, -0.25) is 0 Å². The van der Waals surface area contributed by atoms with E-state index >= 15 is 0 Å². The molecule has 0 radical (unpaired) electrons. The van der Waals surface area contributed by atoms with Gasteiger partial charge in [0.05, 0.1) is 6.61 Å². The van der Waals surface area contributed by atoms with Crippen LogP contribution in [0.15, 0.2) is 48.5 Å². The van der Waals surface area contributed by atoms with Gasteiger partial charge in [-0.25, -0.2) is 0 Å². The molecule has 0 atom stereocenters. The molecule has 0 amide bonds. The van der Waals surface area contributed by atoms with Gasteiger partial charge in [-0.15, -0.1) is 0 Å². The Kier molecular flexibility index (Phi) is 2.70. The topological polar surface area (TPSA) is 46.2 Å². The van der Waals surface area contributed by atoms with Crippen LogP contribution in [0.4, 0.5) is 5.69 Å². The van der Waals surface area contributed by atoms with Crippen molar-refractivity contribution in [2.75, 3.05) is 5.73 Å². The van der Waals surface area contributed by atoms with E-state index in [1.54, 1.807) is 6.07 Å². The fraction of sp³-hybridized carbons (Fsp3) is 0.0769. The molecular formula is C13H13NO. The first kappa shape index (κ1) is 9.74. The van der Waals surface area contributed by atoms with Crippen molar-refractivity contribution in [2.24, 2.45) is 0 Å². The van der Waals surface area contributed by atoms with E-state index in [0.29, 0.717) is 5.69 Å². The number of nitrogen functional groups attached to an aromatic ring is 1. The van der Waals surface area contributed by atoms with E-state index in [1.807, 2.05) is 42.5 Å². The van der Waals surface area contributed by atoms with Crippen LogP contribution in [0.2, 0.25) is 0 Å². The standard InChI is InChI=1S/C13H13NO/c14-12-7-6-11(9-15)13(8-12)10-4-2-1-3-5-10/h1-8,15H,9,14H2. The minimum atomic E-state index is 0.0322. The molecule has 0 aromatic heterocycles. The summed E-state index contributed by atoms with van der Waals surface area (Å²) in [6.45, 7) is 0.0322. The van der Waals surface area contributed by atoms with Crippen molar-refractivity contribution in [3.8, 4) is 11.1 Å². The molecule has 2 rings (SSSR count). The smallest absolute Gasteiger partial charge is 0.0687 e. The Balaban J connectivity index is 2.56. The molecule has 0 fully saturated rings. The monoisotopic (exact) mass is 199 g/mol. The Labute approximate surface area is 89.0 Å². The highest BCUT2D eigenvalue weighted by atomic mass is 16.3. The summed E-state index contributed by atoms with van der Waals surface area (Å²) in [7, 11) is 0. The largest absolute Gasteiger partial charge is 0.399 e. The molecule has 0 spiro atoms. The Morgan fingerprint density at radius 1 is 1.00 bits per heavy atom. The maximum atomic E-state index is 9.23. The van der Waals surface area contributed by atoms with Gasteiger partial charge in [-0.1, -0.05) is 36.4 Å². The second-order valence-corrected chi connectivity index (χ2v) is 3.44. The molecule has 0 saturated heterocycles. The first-order valence-corrected chi connectivity index (χ1v) is 4.86. The second-order valence-electron chi connectivity index (χ2n) is 3.44. The Bertz CT molecular complexity index is 451. The van der Waals surface area contributed by atoms with Crippen LogP contribution in [0.25, 0.3) is 11.1 Å². The zero-order valence-electron chi connectivity index (χ0n) is 8.35. The molecule has 0 bridgehead atoms. The lowest BCUT2D eigenvalue weighted by Gasteiger charge is -2.08. The summed E-state index contributed by atoms with van der Waals surface area (Å²) < 4.78 is 0. The highest BCUT2D eigenvalue weighted by Crippen LogP contribution is 2.25. The summed E-state index contributed by atoms with van der Waals surface area (Å²) in [5, 5.41) is 9.23. The molecule has 2 aromatic rings. The zero-order valence-corrected chi connectivity index (χ0v) is 8.35. The highest BCUT2D eigenvalue weighted by molar-refractivity contribution is 5.70. The molecule has 0 heterocycles. The van der Waals surface area contributed by atoms with Crippen molar-refractivity contribution in [2.45, 2.75) is 6.61 Å². The van der Waals surface area contributed by atoms with Crippen LogP contribution >= 0.6 is 0 Å². The average molecular weight is 199 g/mol. The third kappa shape index (κ3) is 2.00. The van der Waals surface area contributed by atoms with Gasteiger partial charge < -0.3 is 10.8 Å². The number of rotatable bonds is 2. The molecule has 0 aliphatic rings. The van der Waals surface area contributed by atoms with Crippen molar-refractivity contribution in [1.82, 2.24) is 0 Å². The Morgan fingerprint density at radius 3 is 2.40 bits per heavy atom. The van der Waals surface area contributed by atoms with Gasteiger partial charge in [0.25, 0.3) is 0 Å². The molecule has 2 heteroatoms. The van der Waals surface area contributed by atoms with Crippen LogP contribution in [-0.2, 0) is 6.61 Å². The molecule has 0 unspecified atom stereocenters. The van der Waals surface area contributed by atoms with E-state index in [4.69, 9.17) is 5.73 Å². The molecule has 0 aliphatic carbocycles. The summed E-state index contributed by atoms with van der Waals surface area (Å²) in [6.07, 6.45) is 0. The van der Waals surface area contributed by atoms with Crippen LogP contribution in [0.1, 0.15) is 5.56 Å². The summed E-state index contributed by atoms with van der Waals surface area (Å²) >= 11 is 0. The third-order valence-corrected chi connectivity index (χ3v) is 2.39. The molecule has 3 N–H and O–H groups in total. The molecule has 2 aromatic carbocycles. The lowest BCUT2D eigenvalue weighted by Crippen LogP contribution is -1.92. The van der Waals surface area contributed by atoms with Gasteiger partial charge >= 0.3 is 0 Å². The number of nitrogens with two attached hydrogens (primary N) is 1. The molecular weight excluding hydrogens is 186 g/mol. The fourth-order valence-electron chi connectivity index (χ4n) is 1.62. The average Bonchev–Trinajstić information content (AvgIpc) is 2.30. The van der Waals surface area contributed by atoms with Crippen molar-refractivity contribution < 1.29 is 5.11 Å². The van der Waals surface area contributed by atoms with E-state index in [0.717, 1.165) is 16.7 Å². The number of hydrogen-bond donors (Lipinski definition) is 2. The summed E-state index contributed by atoms with van der Waals surface area (Å²) in [6, 6.07) is 15.5. The maximum absolute atomic E-state index is 9.23. The SMILES string of the molecule is Nc1ccc(CO)c(-c2ccccc2)c1. The molecule has 15 heavy (non-hydrogen) atoms. The fourth-order valence-corrected chi connectivity index (χ4v) is 1.62. The van der Waals surface area contributed by atoms with Crippen LogP contribution in [0.5, 0.6) is 0 Å². The van der Waals surface area contributed by atoms with Crippen LogP contribution in [0.3, 0.4) is 0 Å². The second kappa shape index (κ2) is 4.15. The van der Waals surface area contributed by atoms with E-state index in [1.165, 1.54) is 0 Å². The van der Waals surface area contributed by atoms with Crippen molar-refractivity contribution in [3.05, 3.63) is 54.1 Å². The minimum absolute atomic E-state index is 0.0322. The number of aliphatic hydroxyl groups is 1. The molecule has 0 aliphatic heterocycles. The first-order chi connectivity index (χ1) is 7.31. The first-order valence-electron chi connectivity index (χ1n) is 4.86. The third-order valence-electron chi connectivity index (χ3n) is 2.39. The van der Waals surface area contributed by atoms with Crippen LogP contribution < -0.4 is 5.73 Å². The van der Waals surface area contributed by atoms with E-state index in [9.17, 15) is 5.11 Å². The molecule has 2 nitrogen and oxygen atoms in total. The number of anilines is 1. The highest BCUT2D eigenvalue weighted by Gasteiger charge is 2.03. The normalized spacial score (nSPS) is 10.2. The van der Waals surface area contributed by atoms with Gasteiger partial charge in [0.2, 0.25) is 0 Å².